The molecule has 1 heterocycles. The highest BCUT2D eigenvalue weighted by Crippen LogP contribution is 2.25. The number of nitriles is 1. The van der Waals surface area contributed by atoms with E-state index in [1.807, 2.05) is 12.1 Å². The molecular weight excluding hydrogens is 220 g/mol. The molecule has 0 aliphatic carbocycles. The molecular formula is C13H15ClN2. The van der Waals surface area contributed by atoms with Gasteiger partial charge in [0.05, 0.1) is 6.07 Å². The molecule has 0 aromatic heterocycles. The predicted molar refractivity (Wildman–Crippen MR) is 66.6 cm³/mol. The van der Waals surface area contributed by atoms with Crippen molar-refractivity contribution in [2.24, 2.45) is 5.92 Å². The van der Waals surface area contributed by atoms with Crippen molar-refractivity contribution in [1.29, 1.82) is 5.26 Å². The third-order valence-corrected chi connectivity index (χ3v) is 3.34. The lowest BCUT2D eigenvalue weighted by atomic mass is 9.95. The average Bonchev–Trinajstić information content (AvgIpc) is 2.31. The van der Waals surface area contributed by atoms with Gasteiger partial charge in [-0.15, -0.1) is 0 Å². The fraction of sp³-hybridized carbons (Fsp3) is 0.462. The van der Waals surface area contributed by atoms with Gasteiger partial charge in [-0.25, -0.2) is 0 Å². The van der Waals surface area contributed by atoms with Crippen LogP contribution in [0.15, 0.2) is 24.3 Å². The highest BCUT2D eigenvalue weighted by Gasteiger charge is 2.19. The first-order valence-electron chi connectivity index (χ1n) is 5.67. The van der Waals surface area contributed by atoms with Crippen LogP contribution in [0.25, 0.3) is 0 Å². The van der Waals surface area contributed by atoms with E-state index in [1.54, 1.807) is 0 Å². The first-order chi connectivity index (χ1) is 7.79. The normalized spacial score (nSPS) is 20.5. The molecule has 84 valence electrons. The van der Waals surface area contributed by atoms with E-state index in [0.29, 0.717) is 12.3 Å². The summed E-state index contributed by atoms with van der Waals surface area (Å²) in [7, 11) is 0. The van der Waals surface area contributed by atoms with Crippen LogP contribution in [0.3, 0.4) is 0 Å². The Morgan fingerprint density at radius 2 is 2.12 bits per heavy atom. The summed E-state index contributed by atoms with van der Waals surface area (Å²) >= 11 is 5.87. The quantitative estimate of drug-likeness (QED) is 0.784. The van der Waals surface area contributed by atoms with E-state index in [9.17, 15) is 0 Å². The van der Waals surface area contributed by atoms with E-state index in [4.69, 9.17) is 16.9 Å². The number of nitrogens with zero attached hydrogens (tertiary/aromatic N) is 2. The molecule has 1 fully saturated rings. The van der Waals surface area contributed by atoms with Gasteiger partial charge in [-0.3, -0.25) is 0 Å². The predicted octanol–water partition coefficient (Wildman–Crippen LogP) is 3.47. The third kappa shape index (κ3) is 2.68. The Bertz CT molecular complexity index is 380. The molecule has 0 radical (unpaired) electrons. The fourth-order valence-corrected chi connectivity index (χ4v) is 2.37. The number of anilines is 1. The highest BCUT2D eigenvalue weighted by atomic mass is 35.5. The van der Waals surface area contributed by atoms with E-state index in [-0.39, 0.29) is 0 Å². The van der Waals surface area contributed by atoms with Crippen LogP contribution in [0, 0.1) is 17.2 Å². The van der Waals surface area contributed by atoms with Crippen molar-refractivity contribution >= 4 is 17.3 Å². The highest BCUT2D eigenvalue weighted by molar-refractivity contribution is 6.30. The van der Waals surface area contributed by atoms with E-state index >= 15 is 0 Å². The molecule has 3 heteroatoms. The lowest BCUT2D eigenvalue weighted by Crippen LogP contribution is -2.35. The largest absolute Gasteiger partial charge is 0.371 e. The minimum Gasteiger partial charge on any atom is -0.371 e. The van der Waals surface area contributed by atoms with Crippen molar-refractivity contribution < 1.29 is 0 Å². The number of hydrogen-bond donors (Lipinski definition) is 0. The van der Waals surface area contributed by atoms with Crippen LogP contribution in [0.1, 0.15) is 19.3 Å². The van der Waals surface area contributed by atoms with E-state index in [0.717, 1.165) is 18.1 Å². The van der Waals surface area contributed by atoms with Crippen molar-refractivity contribution in [3.05, 3.63) is 29.3 Å². The van der Waals surface area contributed by atoms with E-state index in [1.165, 1.54) is 18.5 Å². The lowest BCUT2D eigenvalue weighted by Gasteiger charge is -2.33. The Labute approximate surface area is 101 Å². The zero-order valence-corrected chi connectivity index (χ0v) is 9.95. The minimum atomic E-state index is 0.523. The summed E-state index contributed by atoms with van der Waals surface area (Å²) in [4.78, 5) is 2.35. The van der Waals surface area contributed by atoms with Crippen LogP contribution in [0.2, 0.25) is 5.02 Å². The molecule has 1 aliphatic heterocycles. The summed E-state index contributed by atoms with van der Waals surface area (Å²) in [5, 5.41) is 9.50. The molecule has 0 N–H and O–H groups in total. The zero-order valence-electron chi connectivity index (χ0n) is 9.19. The van der Waals surface area contributed by atoms with Gasteiger partial charge < -0.3 is 4.90 Å². The summed E-state index contributed by atoms with van der Waals surface area (Å²) in [6.07, 6.45) is 3.02. The van der Waals surface area contributed by atoms with Gasteiger partial charge in [0.15, 0.2) is 0 Å². The Morgan fingerprint density at radius 1 is 1.38 bits per heavy atom. The molecule has 1 saturated heterocycles. The van der Waals surface area contributed by atoms with Crippen molar-refractivity contribution in [3.63, 3.8) is 0 Å². The zero-order chi connectivity index (χ0) is 11.4. The fourth-order valence-electron chi connectivity index (χ4n) is 2.25. The second-order valence-corrected chi connectivity index (χ2v) is 4.73. The lowest BCUT2D eigenvalue weighted by molar-refractivity contribution is 0.422. The molecule has 1 aromatic rings. The standard InChI is InChI=1S/C13H15ClN2/c14-12-3-5-13(6-4-12)16-9-1-2-11(10-16)7-8-15/h3-6,11H,1-2,7,9-10H2. The number of benzene rings is 1. The summed E-state index contributed by atoms with van der Waals surface area (Å²) in [5.74, 6) is 0.523. The molecule has 0 spiro atoms. The molecule has 16 heavy (non-hydrogen) atoms. The molecule has 2 nitrogen and oxygen atoms in total. The molecule has 1 aromatic carbocycles. The van der Waals surface area contributed by atoms with Crippen LogP contribution >= 0.6 is 11.6 Å². The number of rotatable bonds is 2. The van der Waals surface area contributed by atoms with Gasteiger partial charge in [0, 0.05) is 30.2 Å². The van der Waals surface area contributed by atoms with E-state index < -0.39 is 0 Å². The maximum absolute atomic E-state index is 8.73. The van der Waals surface area contributed by atoms with E-state index in [2.05, 4.69) is 23.1 Å². The summed E-state index contributed by atoms with van der Waals surface area (Å²) in [6.45, 7) is 2.08. The van der Waals surface area contributed by atoms with Crippen LogP contribution in [-0.4, -0.2) is 13.1 Å². The second kappa shape index (κ2) is 5.23. The summed E-state index contributed by atoms with van der Waals surface area (Å²) in [5.41, 5.74) is 1.21. The number of piperidine rings is 1. The van der Waals surface area contributed by atoms with Crippen LogP contribution < -0.4 is 4.90 Å². The molecule has 0 amide bonds. The van der Waals surface area contributed by atoms with Crippen LogP contribution in [0.5, 0.6) is 0 Å². The number of halogens is 1. The minimum absolute atomic E-state index is 0.523. The SMILES string of the molecule is N#CCC1CCCN(c2ccc(Cl)cc2)C1. The molecule has 1 aliphatic rings. The molecule has 0 bridgehead atoms. The smallest absolute Gasteiger partial charge is 0.0625 e. The molecule has 2 rings (SSSR count). The number of hydrogen-bond acceptors (Lipinski definition) is 2. The van der Waals surface area contributed by atoms with Crippen LogP contribution in [0.4, 0.5) is 5.69 Å². The van der Waals surface area contributed by atoms with Gasteiger partial charge in [-0.1, -0.05) is 11.6 Å². The van der Waals surface area contributed by atoms with Gasteiger partial charge >= 0.3 is 0 Å². The molecule has 1 unspecified atom stereocenters. The van der Waals surface area contributed by atoms with Gasteiger partial charge in [0.25, 0.3) is 0 Å². The monoisotopic (exact) mass is 234 g/mol. The maximum atomic E-state index is 8.73. The van der Waals surface area contributed by atoms with Gasteiger partial charge in [0.2, 0.25) is 0 Å². The summed E-state index contributed by atoms with van der Waals surface area (Å²) < 4.78 is 0. The second-order valence-electron chi connectivity index (χ2n) is 4.29. The first-order valence-corrected chi connectivity index (χ1v) is 6.05. The van der Waals surface area contributed by atoms with Crippen molar-refractivity contribution in [1.82, 2.24) is 0 Å². The maximum Gasteiger partial charge on any atom is 0.0625 e. The molecule has 0 saturated carbocycles. The van der Waals surface area contributed by atoms with Crippen molar-refractivity contribution in [2.45, 2.75) is 19.3 Å². The Hall–Kier alpha value is -1.20. The average molecular weight is 235 g/mol. The van der Waals surface area contributed by atoms with Crippen molar-refractivity contribution in [2.75, 3.05) is 18.0 Å². The Balaban J connectivity index is 2.04. The Kier molecular flexibility index (Phi) is 3.69. The van der Waals surface area contributed by atoms with Gasteiger partial charge in [-0.2, -0.15) is 5.26 Å². The van der Waals surface area contributed by atoms with Crippen molar-refractivity contribution in [3.8, 4) is 6.07 Å². The van der Waals surface area contributed by atoms with Gasteiger partial charge in [0.1, 0.15) is 0 Å². The van der Waals surface area contributed by atoms with Crippen LogP contribution in [-0.2, 0) is 0 Å². The third-order valence-electron chi connectivity index (χ3n) is 3.09. The van der Waals surface area contributed by atoms with Gasteiger partial charge in [-0.05, 0) is 43.0 Å². The molecule has 1 atom stereocenters. The Morgan fingerprint density at radius 3 is 2.81 bits per heavy atom. The summed E-state index contributed by atoms with van der Waals surface area (Å²) in [6, 6.07) is 10.2. The first kappa shape index (κ1) is 11.3. The topological polar surface area (TPSA) is 27.0 Å².